The van der Waals surface area contributed by atoms with Gasteiger partial charge in [-0.2, -0.15) is 22.2 Å². The summed E-state index contributed by atoms with van der Waals surface area (Å²) in [6.07, 6.45) is 0. The molecule has 0 heterocycles. The summed E-state index contributed by atoms with van der Waals surface area (Å²) in [5.74, 6) is 0. The first kappa shape index (κ1) is 90.1. The average molecular weight is 925 g/mol. The zero-order chi connectivity index (χ0) is 32.6. The Morgan fingerprint density at radius 2 is 0.700 bits per heavy atom. The molecule has 2 radical (unpaired) electrons. The van der Waals surface area contributed by atoms with Gasteiger partial charge in [0.25, 0.3) is 6.69 Å². The van der Waals surface area contributed by atoms with Gasteiger partial charge in [-0.1, -0.05) is 20.6 Å². The van der Waals surface area contributed by atoms with Crippen molar-refractivity contribution in [2.75, 3.05) is 0 Å². The molecule has 0 saturated carbocycles. The number of hydrogen-bond acceptors (Lipinski definition) is 0. The van der Waals surface area contributed by atoms with Crippen LogP contribution in [0.15, 0.2) is 12.3 Å². The minimum absolute atomic E-state index is 0. The van der Waals surface area contributed by atoms with Crippen molar-refractivity contribution in [3.8, 4) is 0 Å². The zero-order valence-corrected chi connectivity index (χ0v) is 31.7. The molecule has 0 aliphatic rings. The van der Waals surface area contributed by atoms with Crippen molar-refractivity contribution in [1.29, 1.82) is 0 Å². The normalized spacial score (nSPS) is 6.88. The molecule has 0 spiro atoms. The molecule has 0 fully saturated rings. The van der Waals surface area contributed by atoms with Crippen LogP contribution in [0.3, 0.4) is 0 Å². The van der Waals surface area contributed by atoms with Crippen molar-refractivity contribution in [2.45, 2.75) is 39.0 Å². The van der Waals surface area contributed by atoms with E-state index in [0.717, 1.165) is 0 Å². The van der Waals surface area contributed by atoms with Gasteiger partial charge in [0.1, 0.15) is 0 Å². The number of rotatable bonds is 7. The maximum Gasteiger partial charge on any atom is 0 e. The van der Waals surface area contributed by atoms with Gasteiger partial charge in [-0.15, -0.1) is 95.2 Å². The fourth-order valence-electron chi connectivity index (χ4n) is 0.683. The van der Waals surface area contributed by atoms with Gasteiger partial charge < -0.3 is 0 Å². The summed E-state index contributed by atoms with van der Waals surface area (Å²) in [5, 5.41) is 0. The number of hydrogen-bond donors (Lipinski definition) is 0. The van der Waals surface area contributed by atoms with E-state index in [1.165, 1.54) is 0 Å². The molecule has 0 aromatic heterocycles. The van der Waals surface area contributed by atoms with E-state index in [-0.39, 0.29) is 48.4 Å². The van der Waals surface area contributed by atoms with Crippen LogP contribution in [0.5, 0.6) is 0 Å². The minimum atomic E-state index is -2.55. The summed E-state index contributed by atoms with van der Waals surface area (Å²) >= 11 is 56.4. The molecule has 0 aromatic carbocycles. The van der Waals surface area contributed by atoms with Crippen molar-refractivity contribution in [3.05, 3.63) is 65.5 Å². The molecule has 0 N–H and O–H groups in total. The third-order valence-electron chi connectivity index (χ3n) is 1.69. The SMILES string of the molecule is C.C.C=C[Si](Cl)(Cl)CC[Si](Cl)(Cl)Cl.Cl[SiH](Cl)CC[Si](Cl)(Cl)Cl.[C-]#[O+].[C-]#[O+].[C-]#[O+].[C-]#[O+].[C-]#[O+].[C-]#[O+].[C-]#[O+].[C-]#[O+].[Co].[Co]. The van der Waals surface area contributed by atoms with Crippen molar-refractivity contribution in [1.82, 2.24) is 0 Å². The Morgan fingerprint density at radius 3 is 0.800 bits per heavy atom. The van der Waals surface area contributed by atoms with Crippen LogP contribution in [0.25, 0.3) is 0 Å². The quantitative estimate of drug-likeness (QED) is 0.104. The van der Waals surface area contributed by atoms with Gasteiger partial charge in [-0.25, -0.2) is 0 Å². The topological polar surface area (TPSA) is 159 Å². The molecule has 8 nitrogen and oxygen atoms in total. The standard InChI is InChI=1S/C4H7Cl5Si2.C2H5Cl5Si2.8CO.2CH4.2Co/c1-2-10(5,6)3-4-11(7,8)9;3-8(4)1-2-9(5,6)7;8*1-2;;;;/h2H,1,3-4H2;8H,1-2H2;;;;;;;;;2*1H4;;. The molecule has 40 heavy (non-hydrogen) atoms. The Bertz CT molecular complexity index is 537. The van der Waals surface area contributed by atoms with Crippen LogP contribution < -0.4 is 0 Å². The van der Waals surface area contributed by atoms with E-state index in [0.29, 0.717) is 24.2 Å². The first-order chi connectivity index (χ1) is 16.7. The molecule has 0 saturated heterocycles. The van der Waals surface area contributed by atoms with E-state index in [9.17, 15) is 0 Å². The largest absolute Gasteiger partial charge is 0 e. The van der Waals surface area contributed by atoms with Crippen molar-refractivity contribution < 1.29 is 70.8 Å². The summed E-state index contributed by atoms with van der Waals surface area (Å²) in [6.45, 7) is 37.2. The van der Waals surface area contributed by atoms with Crippen LogP contribution in [-0.2, 0) is 70.8 Å². The molecule has 236 valence electrons. The minimum Gasteiger partial charge on any atom is 0 e. The molecule has 0 atom stereocenters. The monoisotopic (exact) mass is 920 g/mol. The van der Waals surface area contributed by atoms with Crippen LogP contribution in [-0.4, -0.2) is 26.1 Å². The Kier molecular flexibility index (Phi) is 189. The molecule has 0 aliphatic carbocycles. The molecule has 0 unspecified atom stereocenters. The van der Waals surface area contributed by atoms with Crippen LogP contribution in [0.4, 0.5) is 0 Å². The summed E-state index contributed by atoms with van der Waals surface area (Å²) in [5.41, 5.74) is 1.57. The predicted molar refractivity (Wildman–Crippen MR) is 157 cm³/mol. The van der Waals surface area contributed by atoms with E-state index in [1.54, 1.807) is 5.70 Å². The molecule has 0 rings (SSSR count). The summed E-state index contributed by atoms with van der Waals surface area (Å²) in [6, 6.07) is -2.63. The third kappa shape index (κ3) is 185. The molecule has 0 aliphatic heterocycles. The van der Waals surface area contributed by atoms with Gasteiger partial charge in [0, 0.05) is 33.6 Å². The van der Waals surface area contributed by atoms with Crippen LogP contribution in [0, 0.1) is 53.2 Å². The molecular weight excluding hydrogens is 905 g/mol. The van der Waals surface area contributed by atoms with Crippen LogP contribution in [0.2, 0.25) is 24.2 Å². The van der Waals surface area contributed by atoms with Gasteiger partial charge >= 0.3 is 102 Å². The predicted octanol–water partition coefficient (Wildman–Crippen LogP) is 8.59. The second kappa shape index (κ2) is 83.8. The third-order valence-corrected chi connectivity index (χ3v) is 13.4. The summed E-state index contributed by atoms with van der Waals surface area (Å²) in [4.78, 5) is 0. The van der Waals surface area contributed by atoms with Crippen LogP contribution >= 0.6 is 111 Å². The first-order valence-corrected chi connectivity index (χ1v) is 25.8. The van der Waals surface area contributed by atoms with Crippen molar-refractivity contribution >= 4 is 137 Å². The average Bonchev–Trinajstić information content (AvgIpc) is 2.91. The Hall–Kier alpha value is 2.44. The second-order valence-electron chi connectivity index (χ2n) is 3.63. The van der Waals surface area contributed by atoms with Gasteiger partial charge in [0.15, 0.2) is 0 Å². The summed E-state index contributed by atoms with van der Waals surface area (Å²) < 4.78 is 60.0. The van der Waals surface area contributed by atoms with Gasteiger partial charge in [-0.05, 0) is 24.2 Å². The van der Waals surface area contributed by atoms with Crippen LogP contribution in [0.1, 0.15) is 14.9 Å². The molecular formula is C16H20Cl10Co2O8Si4. The molecule has 0 amide bonds. The Labute approximate surface area is 308 Å². The smallest absolute Gasteiger partial charge is 0 e. The van der Waals surface area contributed by atoms with E-state index in [4.69, 9.17) is 148 Å². The first-order valence-electron chi connectivity index (χ1n) is 6.75. The van der Waals surface area contributed by atoms with E-state index in [2.05, 4.69) is 59.8 Å². The Morgan fingerprint density at radius 1 is 0.500 bits per heavy atom. The van der Waals surface area contributed by atoms with E-state index >= 15 is 0 Å². The Balaban J connectivity index is -0.0000000176. The van der Waals surface area contributed by atoms with Crippen molar-refractivity contribution in [3.63, 3.8) is 0 Å². The number of halogens is 10. The van der Waals surface area contributed by atoms with E-state index in [1.807, 2.05) is 0 Å². The molecule has 0 aromatic rings. The molecule has 0 bridgehead atoms. The van der Waals surface area contributed by atoms with Gasteiger partial charge in [0.05, 0.1) is 0 Å². The second-order valence-corrected chi connectivity index (χ2v) is 34.4. The van der Waals surface area contributed by atoms with Gasteiger partial charge in [-0.3, -0.25) is 0 Å². The van der Waals surface area contributed by atoms with E-state index < -0.39 is 26.1 Å². The zero-order valence-electron chi connectivity index (χ0n) is 17.9. The summed E-state index contributed by atoms with van der Waals surface area (Å²) in [7, 11) is -1.54. The van der Waals surface area contributed by atoms with Gasteiger partial charge in [0.2, 0.25) is 7.42 Å². The molecule has 24 heteroatoms. The maximum atomic E-state index is 7.50. The fraction of sp³-hybridized carbons (Fsp3) is 0.375. The van der Waals surface area contributed by atoms with Crippen molar-refractivity contribution in [2.24, 2.45) is 0 Å². The maximum absolute atomic E-state index is 7.50. The fourth-order valence-corrected chi connectivity index (χ4v) is 14.7.